The third kappa shape index (κ3) is 4.26. The molecule has 0 saturated carbocycles. The van der Waals surface area contributed by atoms with Crippen LogP contribution < -0.4 is 9.47 Å². The number of likely N-dealkylation sites (tertiary alicyclic amines) is 1. The Labute approximate surface area is 196 Å². The van der Waals surface area contributed by atoms with Gasteiger partial charge in [0.25, 0.3) is 11.7 Å². The van der Waals surface area contributed by atoms with Gasteiger partial charge in [-0.2, -0.15) is 0 Å². The van der Waals surface area contributed by atoms with Gasteiger partial charge in [-0.15, -0.1) is 0 Å². The van der Waals surface area contributed by atoms with Crippen LogP contribution in [0.2, 0.25) is 0 Å². The number of methoxy groups -OCH3 is 2. The van der Waals surface area contributed by atoms with E-state index < -0.39 is 17.7 Å². The van der Waals surface area contributed by atoms with E-state index in [1.165, 1.54) is 31.3 Å². The quantitative estimate of drug-likeness (QED) is 0.316. The highest BCUT2D eigenvalue weighted by atomic mass is 19.1. The van der Waals surface area contributed by atoms with Crippen LogP contribution in [0.5, 0.6) is 11.5 Å². The fraction of sp³-hybridized carbons (Fsp3) is 0.231. The lowest BCUT2D eigenvalue weighted by atomic mass is 9.98. The number of benzene rings is 2. The van der Waals surface area contributed by atoms with Crippen molar-refractivity contribution in [2.24, 2.45) is 0 Å². The minimum Gasteiger partial charge on any atom is -0.507 e. The molecule has 1 aliphatic heterocycles. The SMILES string of the molecule is COc1ccc(/C(O)=C2/C(=O)C(=O)N(CCc3ccc(F)cc3)C2c2ccc(C)o2)c(OC)c1. The summed E-state index contributed by atoms with van der Waals surface area (Å²) in [6.45, 7) is 1.91. The van der Waals surface area contributed by atoms with Gasteiger partial charge >= 0.3 is 0 Å². The van der Waals surface area contributed by atoms with E-state index >= 15 is 0 Å². The summed E-state index contributed by atoms with van der Waals surface area (Å²) < 4.78 is 29.6. The topological polar surface area (TPSA) is 89.2 Å². The number of furan rings is 1. The van der Waals surface area contributed by atoms with E-state index in [0.29, 0.717) is 23.7 Å². The molecule has 1 saturated heterocycles. The van der Waals surface area contributed by atoms with Gasteiger partial charge in [-0.25, -0.2) is 4.39 Å². The smallest absolute Gasteiger partial charge is 0.295 e. The van der Waals surface area contributed by atoms with E-state index in [-0.39, 0.29) is 35.0 Å². The first kappa shape index (κ1) is 23.1. The molecule has 4 rings (SSSR count). The maximum Gasteiger partial charge on any atom is 0.295 e. The number of aryl methyl sites for hydroxylation is 1. The van der Waals surface area contributed by atoms with Crippen molar-refractivity contribution >= 4 is 17.4 Å². The Balaban J connectivity index is 1.78. The number of ether oxygens (including phenoxy) is 2. The lowest BCUT2D eigenvalue weighted by molar-refractivity contribution is -0.140. The summed E-state index contributed by atoms with van der Waals surface area (Å²) in [5.74, 6) is -0.574. The summed E-state index contributed by atoms with van der Waals surface area (Å²) in [7, 11) is 2.93. The summed E-state index contributed by atoms with van der Waals surface area (Å²) in [5, 5.41) is 11.2. The van der Waals surface area contributed by atoms with Crippen LogP contribution >= 0.6 is 0 Å². The van der Waals surface area contributed by atoms with Crippen LogP contribution in [0.3, 0.4) is 0 Å². The molecule has 2 heterocycles. The Morgan fingerprint density at radius 1 is 1.06 bits per heavy atom. The van der Waals surface area contributed by atoms with Crippen LogP contribution in [0.15, 0.2) is 64.6 Å². The molecule has 8 heteroatoms. The number of hydrogen-bond donors (Lipinski definition) is 1. The fourth-order valence-corrected chi connectivity index (χ4v) is 4.05. The van der Waals surface area contributed by atoms with Gasteiger partial charge in [0.05, 0.1) is 25.4 Å². The average Bonchev–Trinajstić information content (AvgIpc) is 3.38. The number of carbonyl (C=O) groups is 2. The van der Waals surface area contributed by atoms with Crippen LogP contribution in [0.4, 0.5) is 4.39 Å². The molecular formula is C26H24FNO6. The van der Waals surface area contributed by atoms with Crippen molar-refractivity contribution in [2.75, 3.05) is 20.8 Å². The van der Waals surface area contributed by atoms with Crippen LogP contribution in [-0.2, 0) is 16.0 Å². The highest BCUT2D eigenvalue weighted by Gasteiger charge is 2.47. The van der Waals surface area contributed by atoms with Gasteiger partial charge in [-0.1, -0.05) is 12.1 Å². The largest absolute Gasteiger partial charge is 0.507 e. The number of amides is 1. The zero-order chi connectivity index (χ0) is 24.4. The first-order chi connectivity index (χ1) is 16.3. The molecule has 0 spiro atoms. The molecule has 0 radical (unpaired) electrons. The molecule has 7 nitrogen and oxygen atoms in total. The van der Waals surface area contributed by atoms with Gasteiger partial charge in [-0.3, -0.25) is 9.59 Å². The Morgan fingerprint density at radius 3 is 2.41 bits per heavy atom. The van der Waals surface area contributed by atoms with Gasteiger partial charge < -0.3 is 23.9 Å². The summed E-state index contributed by atoms with van der Waals surface area (Å²) in [4.78, 5) is 27.6. The van der Waals surface area contributed by atoms with Gasteiger partial charge in [-0.05, 0) is 55.3 Å². The summed E-state index contributed by atoms with van der Waals surface area (Å²) in [6, 6.07) is 13.2. The van der Waals surface area contributed by atoms with Crippen molar-refractivity contribution in [3.05, 3.63) is 88.6 Å². The zero-order valence-electron chi connectivity index (χ0n) is 19.0. The van der Waals surface area contributed by atoms with E-state index in [1.807, 2.05) is 0 Å². The minimum atomic E-state index is -0.930. The number of hydrogen-bond acceptors (Lipinski definition) is 6. The number of rotatable bonds is 7. The minimum absolute atomic E-state index is 0.0954. The Morgan fingerprint density at radius 2 is 1.79 bits per heavy atom. The molecular weight excluding hydrogens is 441 g/mol. The highest BCUT2D eigenvalue weighted by molar-refractivity contribution is 6.46. The van der Waals surface area contributed by atoms with Crippen LogP contribution in [0.1, 0.15) is 28.7 Å². The van der Waals surface area contributed by atoms with Crippen molar-refractivity contribution in [3.8, 4) is 11.5 Å². The molecule has 2 aromatic carbocycles. The summed E-state index contributed by atoms with van der Waals surface area (Å²) in [6.07, 6.45) is 0.384. The van der Waals surface area contributed by atoms with E-state index in [0.717, 1.165) is 5.56 Å². The van der Waals surface area contributed by atoms with Gasteiger partial charge in [0.2, 0.25) is 0 Å². The van der Waals surface area contributed by atoms with Crippen molar-refractivity contribution < 1.29 is 33.0 Å². The monoisotopic (exact) mass is 465 g/mol. The Hall–Kier alpha value is -4.07. The summed E-state index contributed by atoms with van der Waals surface area (Å²) in [5.41, 5.74) is 0.949. The zero-order valence-corrected chi connectivity index (χ0v) is 19.0. The van der Waals surface area contributed by atoms with Crippen LogP contribution in [-0.4, -0.2) is 42.5 Å². The van der Waals surface area contributed by atoms with Gasteiger partial charge in [0.1, 0.15) is 40.6 Å². The molecule has 3 aromatic rings. The number of carbonyl (C=O) groups excluding carboxylic acids is 2. The predicted molar refractivity (Wildman–Crippen MR) is 122 cm³/mol. The van der Waals surface area contributed by atoms with E-state index in [9.17, 15) is 19.1 Å². The number of ketones is 1. The van der Waals surface area contributed by atoms with E-state index in [4.69, 9.17) is 13.9 Å². The van der Waals surface area contributed by atoms with Crippen molar-refractivity contribution in [3.63, 3.8) is 0 Å². The van der Waals surface area contributed by atoms with Crippen molar-refractivity contribution in [1.29, 1.82) is 0 Å². The molecule has 1 fully saturated rings. The van der Waals surface area contributed by atoms with Gasteiger partial charge in [0, 0.05) is 12.6 Å². The third-order valence-electron chi connectivity index (χ3n) is 5.79. The number of aliphatic hydroxyl groups excluding tert-OH is 1. The van der Waals surface area contributed by atoms with Crippen LogP contribution in [0, 0.1) is 12.7 Å². The second-order valence-electron chi connectivity index (χ2n) is 7.88. The molecule has 0 aliphatic carbocycles. The Kier molecular flexibility index (Phi) is 6.40. The fourth-order valence-electron chi connectivity index (χ4n) is 4.05. The van der Waals surface area contributed by atoms with Crippen molar-refractivity contribution in [1.82, 2.24) is 4.90 Å². The molecule has 1 atom stereocenters. The molecule has 1 aromatic heterocycles. The number of halogens is 1. The predicted octanol–water partition coefficient (Wildman–Crippen LogP) is 4.41. The third-order valence-corrected chi connectivity index (χ3v) is 5.79. The van der Waals surface area contributed by atoms with Crippen molar-refractivity contribution in [2.45, 2.75) is 19.4 Å². The summed E-state index contributed by atoms with van der Waals surface area (Å²) >= 11 is 0. The maximum atomic E-state index is 13.3. The van der Waals surface area contributed by atoms with Crippen LogP contribution in [0.25, 0.3) is 5.76 Å². The normalized spacial score (nSPS) is 17.3. The first-order valence-electron chi connectivity index (χ1n) is 10.7. The molecule has 1 N–H and O–H groups in total. The molecule has 1 unspecified atom stereocenters. The number of Topliss-reactive ketones (excluding diaryl/α,β-unsaturated/α-hetero) is 1. The molecule has 1 amide bonds. The molecule has 176 valence electrons. The van der Waals surface area contributed by atoms with E-state index in [1.54, 1.807) is 49.4 Å². The standard InChI is InChI=1S/C26H24FNO6/c1-15-4-11-20(34-15)23-22(24(29)19-10-9-18(32-2)14-21(19)33-3)25(30)26(31)28(23)13-12-16-5-7-17(27)8-6-16/h4-11,14,23,29H,12-13H2,1-3H3/b24-22-. The average molecular weight is 465 g/mol. The lowest BCUT2D eigenvalue weighted by Crippen LogP contribution is -2.31. The molecule has 0 bridgehead atoms. The first-order valence-corrected chi connectivity index (χ1v) is 10.7. The van der Waals surface area contributed by atoms with Gasteiger partial charge in [0.15, 0.2) is 0 Å². The maximum absolute atomic E-state index is 13.3. The van der Waals surface area contributed by atoms with E-state index in [2.05, 4.69) is 0 Å². The second kappa shape index (κ2) is 9.43. The number of nitrogens with zero attached hydrogens (tertiary/aromatic N) is 1. The molecule has 1 aliphatic rings. The second-order valence-corrected chi connectivity index (χ2v) is 7.88. The molecule has 34 heavy (non-hydrogen) atoms. The highest BCUT2D eigenvalue weighted by Crippen LogP contribution is 2.42. The lowest BCUT2D eigenvalue weighted by Gasteiger charge is -2.23. The number of aliphatic hydroxyl groups is 1. The Bertz CT molecular complexity index is 1260.